The summed E-state index contributed by atoms with van der Waals surface area (Å²) >= 11 is 0. The van der Waals surface area contributed by atoms with Gasteiger partial charge in [-0.15, -0.1) is 0 Å². The Morgan fingerprint density at radius 3 is 2.19 bits per heavy atom. The van der Waals surface area contributed by atoms with E-state index in [4.69, 9.17) is 11.5 Å². The Kier molecular flexibility index (Phi) is 12.9. The van der Waals surface area contributed by atoms with Gasteiger partial charge in [-0.1, -0.05) is 26.3 Å². The highest BCUT2D eigenvalue weighted by Crippen LogP contribution is 2.20. The standard InChI is InChI=1S/C23H30F2N4O2.C7H11N3O/c1-4-5-20(28-22(30)11-16-9-18(24)12-19(25)10-16)23(31)29-21-7-6-17(13-27-21)14(2)8-15(3)26;1-7(2,11)5-3-10-6(8)4-9-5/h6-7,9-10,12-15,20H,4-5,8,11,26H2,1-3H3,(H,28,30)(H,27,29,31);3-4,11H,1-2H3,(H2,8,10). The van der Waals surface area contributed by atoms with Gasteiger partial charge in [0.2, 0.25) is 11.8 Å². The van der Waals surface area contributed by atoms with Crippen molar-refractivity contribution >= 4 is 23.5 Å². The number of nitrogens with zero attached hydrogens (tertiary/aromatic N) is 3. The van der Waals surface area contributed by atoms with Crippen molar-refractivity contribution in [3.8, 4) is 0 Å². The van der Waals surface area contributed by atoms with E-state index >= 15 is 0 Å². The average Bonchev–Trinajstić information content (AvgIpc) is 2.88. The van der Waals surface area contributed by atoms with E-state index in [1.807, 2.05) is 19.9 Å². The van der Waals surface area contributed by atoms with Crippen molar-refractivity contribution in [1.82, 2.24) is 20.3 Å². The zero-order valence-electron chi connectivity index (χ0n) is 24.7. The van der Waals surface area contributed by atoms with E-state index in [9.17, 15) is 23.5 Å². The van der Waals surface area contributed by atoms with Crippen LogP contribution in [-0.4, -0.2) is 44.0 Å². The summed E-state index contributed by atoms with van der Waals surface area (Å²) in [7, 11) is 0. The van der Waals surface area contributed by atoms with E-state index in [1.54, 1.807) is 26.1 Å². The summed E-state index contributed by atoms with van der Waals surface area (Å²) in [4.78, 5) is 37.0. The van der Waals surface area contributed by atoms with Crippen LogP contribution in [0.25, 0.3) is 0 Å². The van der Waals surface area contributed by atoms with Gasteiger partial charge in [0.15, 0.2) is 0 Å². The summed E-state index contributed by atoms with van der Waals surface area (Å²) in [6.07, 6.45) is 6.27. The van der Waals surface area contributed by atoms with Crippen molar-refractivity contribution in [3.63, 3.8) is 0 Å². The van der Waals surface area contributed by atoms with Gasteiger partial charge in [-0.25, -0.2) is 18.7 Å². The molecule has 1 aromatic carbocycles. The number of benzene rings is 1. The van der Waals surface area contributed by atoms with Crippen molar-refractivity contribution in [1.29, 1.82) is 0 Å². The van der Waals surface area contributed by atoms with Gasteiger partial charge in [0, 0.05) is 18.3 Å². The number of nitrogens with one attached hydrogen (secondary N) is 2. The monoisotopic (exact) mass is 585 g/mol. The average molecular weight is 586 g/mol. The number of aromatic nitrogens is 3. The predicted molar refractivity (Wildman–Crippen MR) is 158 cm³/mol. The van der Waals surface area contributed by atoms with Crippen molar-refractivity contribution in [2.45, 2.75) is 83.9 Å². The molecule has 7 N–H and O–H groups in total. The molecular weight excluding hydrogens is 544 g/mol. The lowest BCUT2D eigenvalue weighted by Gasteiger charge is -2.18. The Labute approximate surface area is 245 Å². The first-order valence-electron chi connectivity index (χ1n) is 13.7. The van der Waals surface area contributed by atoms with Crippen molar-refractivity contribution in [2.24, 2.45) is 5.73 Å². The van der Waals surface area contributed by atoms with Gasteiger partial charge >= 0.3 is 0 Å². The van der Waals surface area contributed by atoms with Crippen molar-refractivity contribution in [3.05, 3.63) is 77.4 Å². The minimum Gasteiger partial charge on any atom is -0.384 e. The van der Waals surface area contributed by atoms with Crippen LogP contribution in [0.5, 0.6) is 0 Å². The number of hydrogen-bond donors (Lipinski definition) is 5. The largest absolute Gasteiger partial charge is 0.384 e. The second-order valence-electron chi connectivity index (χ2n) is 10.8. The van der Waals surface area contributed by atoms with E-state index in [-0.39, 0.29) is 23.9 Å². The fourth-order valence-corrected chi connectivity index (χ4v) is 4.03. The second kappa shape index (κ2) is 15.8. The molecule has 2 aromatic heterocycles. The number of halogens is 2. The molecule has 12 heteroatoms. The van der Waals surface area contributed by atoms with Crippen LogP contribution >= 0.6 is 0 Å². The molecule has 10 nitrogen and oxygen atoms in total. The maximum Gasteiger partial charge on any atom is 0.248 e. The molecule has 0 fully saturated rings. The number of nitrogen functional groups attached to an aromatic ring is 1. The molecule has 3 rings (SSSR count). The van der Waals surface area contributed by atoms with Gasteiger partial charge in [-0.05, 0) is 68.9 Å². The van der Waals surface area contributed by atoms with E-state index in [2.05, 4.69) is 32.5 Å². The first-order valence-corrected chi connectivity index (χ1v) is 13.7. The zero-order chi connectivity index (χ0) is 31.4. The Morgan fingerprint density at radius 2 is 1.69 bits per heavy atom. The molecule has 3 aromatic rings. The number of carbonyl (C=O) groups excluding carboxylic acids is 2. The number of carbonyl (C=O) groups is 2. The van der Waals surface area contributed by atoms with Crippen LogP contribution in [0.3, 0.4) is 0 Å². The lowest BCUT2D eigenvalue weighted by Crippen LogP contribution is -2.44. The lowest BCUT2D eigenvalue weighted by atomic mass is 9.96. The first kappa shape index (κ1) is 34.2. The summed E-state index contributed by atoms with van der Waals surface area (Å²) in [5, 5.41) is 14.8. The van der Waals surface area contributed by atoms with Crippen LogP contribution in [0.1, 0.15) is 76.6 Å². The Bertz CT molecular complexity index is 1280. The third kappa shape index (κ3) is 11.8. The minimum absolute atomic E-state index is 0.0802. The molecule has 0 aliphatic rings. The van der Waals surface area contributed by atoms with E-state index < -0.39 is 35.1 Å². The number of aliphatic hydroxyl groups is 1. The highest BCUT2D eigenvalue weighted by Gasteiger charge is 2.21. The van der Waals surface area contributed by atoms with Crippen LogP contribution < -0.4 is 22.1 Å². The number of amides is 2. The van der Waals surface area contributed by atoms with Gasteiger partial charge in [0.05, 0.1) is 24.5 Å². The highest BCUT2D eigenvalue weighted by atomic mass is 19.1. The number of rotatable bonds is 11. The lowest BCUT2D eigenvalue weighted by molar-refractivity contribution is -0.126. The summed E-state index contributed by atoms with van der Waals surface area (Å²) in [5.74, 6) is -1.42. The molecule has 3 atom stereocenters. The van der Waals surface area contributed by atoms with Crippen LogP contribution in [-0.2, 0) is 21.6 Å². The van der Waals surface area contributed by atoms with E-state index in [0.29, 0.717) is 30.2 Å². The molecule has 0 spiro atoms. The van der Waals surface area contributed by atoms with Crippen molar-refractivity contribution in [2.75, 3.05) is 11.1 Å². The summed E-state index contributed by atoms with van der Waals surface area (Å²) in [6, 6.07) is 5.83. The smallest absolute Gasteiger partial charge is 0.248 e. The minimum atomic E-state index is -0.944. The topological polar surface area (TPSA) is 169 Å². The normalized spacial score (nSPS) is 13.3. The fraction of sp³-hybridized carbons (Fsp3) is 0.433. The molecule has 228 valence electrons. The SMILES string of the molecule is CC(C)(O)c1cnc(N)cn1.CCCC(NC(=O)Cc1cc(F)cc(F)c1)C(=O)Nc1ccc(C(C)CC(C)N)cn1. The Balaban J connectivity index is 0.000000468. The van der Waals surface area contributed by atoms with E-state index in [1.165, 1.54) is 12.4 Å². The van der Waals surface area contributed by atoms with Gasteiger partial charge in [0.25, 0.3) is 0 Å². The van der Waals surface area contributed by atoms with Crippen LogP contribution in [0.2, 0.25) is 0 Å². The molecule has 2 heterocycles. The Morgan fingerprint density at radius 1 is 1.02 bits per heavy atom. The van der Waals surface area contributed by atoms with Gasteiger partial charge in [-0.3, -0.25) is 14.6 Å². The molecule has 0 bridgehead atoms. The maximum absolute atomic E-state index is 13.3. The van der Waals surface area contributed by atoms with Crippen LogP contribution in [0, 0.1) is 11.6 Å². The molecule has 0 radical (unpaired) electrons. The van der Waals surface area contributed by atoms with Gasteiger partial charge in [-0.2, -0.15) is 0 Å². The number of nitrogens with two attached hydrogens (primary N) is 2. The molecule has 3 unspecified atom stereocenters. The molecule has 0 saturated heterocycles. The van der Waals surface area contributed by atoms with Crippen LogP contribution in [0.15, 0.2) is 48.9 Å². The fourth-order valence-electron chi connectivity index (χ4n) is 4.03. The second-order valence-corrected chi connectivity index (χ2v) is 10.8. The van der Waals surface area contributed by atoms with E-state index in [0.717, 1.165) is 30.2 Å². The number of hydrogen-bond acceptors (Lipinski definition) is 8. The zero-order valence-corrected chi connectivity index (χ0v) is 24.7. The molecule has 0 aliphatic heterocycles. The van der Waals surface area contributed by atoms with Gasteiger partial charge < -0.3 is 27.2 Å². The predicted octanol–water partition coefficient (Wildman–Crippen LogP) is 3.95. The number of anilines is 2. The van der Waals surface area contributed by atoms with Crippen molar-refractivity contribution < 1.29 is 23.5 Å². The molecule has 42 heavy (non-hydrogen) atoms. The highest BCUT2D eigenvalue weighted by molar-refractivity contribution is 5.96. The molecule has 0 saturated carbocycles. The third-order valence-electron chi connectivity index (χ3n) is 6.15. The molecule has 0 aliphatic carbocycles. The third-order valence-corrected chi connectivity index (χ3v) is 6.15. The Hall–Kier alpha value is -4.03. The summed E-state index contributed by atoms with van der Waals surface area (Å²) in [6.45, 7) is 9.20. The van der Waals surface area contributed by atoms with Crippen LogP contribution in [0.4, 0.5) is 20.4 Å². The number of pyridine rings is 1. The quantitative estimate of drug-likeness (QED) is 0.225. The summed E-state index contributed by atoms with van der Waals surface area (Å²) in [5.41, 5.74) is 12.0. The molecule has 2 amide bonds. The first-order chi connectivity index (χ1) is 19.7. The maximum atomic E-state index is 13.3. The molecular formula is C30H41F2N7O3. The summed E-state index contributed by atoms with van der Waals surface area (Å²) < 4.78 is 26.6. The van der Waals surface area contributed by atoms with Gasteiger partial charge in [0.1, 0.15) is 34.9 Å².